The van der Waals surface area contributed by atoms with Crippen molar-refractivity contribution in [1.29, 1.82) is 0 Å². The second-order valence-corrected chi connectivity index (χ2v) is 27.7. The molecule has 0 heterocycles. The van der Waals surface area contributed by atoms with Gasteiger partial charge in [0.2, 0.25) is 0 Å². The molecule has 0 aromatic rings. The predicted octanol–water partition coefficient (Wildman–Crippen LogP) is 21.9. The second-order valence-electron chi connectivity index (χ2n) is 24.8. The van der Waals surface area contributed by atoms with Crippen molar-refractivity contribution in [3.05, 3.63) is 146 Å². The SMILES string of the molecule is CC/C=C\C/C=C\C/C=C\C/C=C\C/C=C\CCCCCC(=O)OCC(COP(=O)(O)OCC(O)COP(=O)(O)OCC(COC(=O)C/C=C\C/C=C\C/C=C\C/C=C\C/C=C\CC)OC(=O)CCCCCCC/C=C\CCCCCC)OC(=O)CCCCCCC/C=C\CCCCCC. The number of esters is 4. The normalized spacial score (nSPS) is 14.8. The lowest BCUT2D eigenvalue weighted by atomic mass is 10.1. The number of aliphatic hydroxyl groups is 1. The number of hydrogen-bond acceptors (Lipinski definition) is 15. The Balaban J connectivity index is 5.44. The lowest BCUT2D eigenvalue weighted by Gasteiger charge is -2.21. The average molecular weight is 1440 g/mol. The van der Waals surface area contributed by atoms with Crippen LogP contribution < -0.4 is 0 Å². The second kappa shape index (κ2) is 72.3. The van der Waals surface area contributed by atoms with Crippen LogP contribution in [0.5, 0.6) is 0 Å². The molecule has 0 saturated heterocycles. The minimum Gasteiger partial charge on any atom is -0.462 e. The van der Waals surface area contributed by atoms with Crippen LogP contribution in [0.4, 0.5) is 0 Å². The van der Waals surface area contributed by atoms with Crippen molar-refractivity contribution in [1.82, 2.24) is 0 Å². The Morgan fingerprint density at radius 1 is 0.300 bits per heavy atom. The largest absolute Gasteiger partial charge is 0.472 e. The maximum atomic E-state index is 13.1. The quantitative estimate of drug-likeness (QED) is 0.0169. The van der Waals surface area contributed by atoms with Gasteiger partial charge in [0.1, 0.15) is 19.3 Å². The van der Waals surface area contributed by atoms with Crippen molar-refractivity contribution in [3.8, 4) is 0 Å². The first-order valence-corrected chi connectivity index (χ1v) is 41.1. The van der Waals surface area contributed by atoms with Crippen LogP contribution >= 0.6 is 15.6 Å². The van der Waals surface area contributed by atoms with Crippen molar-refractivity contribution in [2.24, 2.45) is 0 Å². The Bertz CT molecular complexity index is 2470. The van der Waals surface area contributed by atoms with Crippen LogP contribution in [0.3, 0.4) is 0 Å². The molecule has 19 heteroatoms. The van der Waals surface area contributed by atoms with Crippen LogP contribution in [0.25, 0.3) is 0 Å². The number of phosphoric ester groups is 2. The Morgan fingerprint density at radius 3 is 0.910 bits per heavy atom. The fourth-order valence-electron chi connectivity index (χ4n) is 9.54. The number of unbranched alkanes of at least 4 members (excludes halogenated alkanes) is 21. The van der Waals surface area contributed by atoms with E-state index in [1.54, 1.807) is 6.08 Å². The van der Waals surface area contributed by atoms with Gasteiger partial charge in [-0.2, -0.15) is 0 Å². The first-order valence-electron chi connectivity index (χ1n) is 38.1. The topological polar surface area (TPSA) is 237 Å². The highest BCUT2D eigenvalue weighted by molar-refractivity contribution is 7.47. The number of carbonyl (C=O) groups is 4. The molecular formula is C81H134O17P2. The van der Waals surface area contributed by atoms with Gasteiger partial charge in [0, 0.05) is 19.3 Å². The number of carbonyl (C=O) groups excluding carboxylic acids is 4. The lowest BCUT2D eigenvalue weighted by Crippen LogP contribution is -2.30. The zero-order chi connectivity index (χ0) is 73.2. The molecule has 100 heavy (non-hydrogen) atoms. The molecule has 0 spiro atoms. The molecule has 0 radical (unpaired) electrons. The van der Waals surface area contributed by atoms with Gasteiger partial charge in [0.05, 0.1) is 32.8 Å². The van der Waals surface area contributed by atoms with E-state index in [0.29, 0.717) is 25.7 Å². The summed E-state index contributed by atoms with van der Waals surface area (Å²) in [5.74, 6) is -2.39. The molecule has 0 amide bonds. The third-order valence-corrected chi connectivity index (χ3v) is 17.2. The molecule has 570 valence electrons. The molecule has 5 unspecified atom stereocenters. The summed E-state index contributed by atoms with van der Waals surface area (Å²) in [5.41, 5.74) is 0. The zero-order valence-corrected chi connectivity index (χ0v) is 63.9. The molecule has 0 fully saturated rings. The summed E-state index contributed by atoms with van der Waals surface area (Å²) in [7, 11) is -9.99. The van der Waals surface area contributed by atoms with Gasteiger partial charge in [-0.05, 0) is 148 Å². The van der Waals surface area contributed by atoms with Crippen molar-refractivity contribution in [2.75, 3.05) is 39.6 Å². The van der Waals surface area contributed by atoms with Crippen LogP contribution in [-0.2, 0) is 65.4 Å². The van der Waals surface area contributed by atoms with Gasteiger partial charge in [-0.25, -0.2) is 9.13 Å². The van der Waals surface area contributed by atoms with E-state index in [0.717, 1.165) is 154 Å². The van der Waals surface area contributed by atoms with Gasteiger partial charge in [-0.1, -0.05) is 257 Å². The van der Waals surface area contributed by atoms with Crippen LogP contribution in [-0.4, -0.2) is 96.7 Å². The van der Waals surface area contributed by atoms with E-state index >= 15 is 0 Å². The Labute approximate surface area is 605 Å². The number of ether oxygens (including phenoxy) is 4. The maximum Gasteiger partial charge on any atom is 0.472 e. The van der Waals surface area contributed by atoms with Gasteiger partial charge in [-0.3, -0.25) is 37.3 Å². The first kappa shape index (κ1) is 94.9. The van der Waals surface area contributed by atoms with Crippen molar-refractivity contribution in [3.63, 3.8) is 0 Å². The molecule has 0 rings (SSSR count). The highest BCUT2D eigenvalue weighted by Gasteiger charge is 2.30. The Morgan fingerprint density at radius 2 is 0.560 bits per heavy atom. The van der Waals surface area contributed by atoms with Crippen LogP contribution in [0.15, 0.2) is 146 Å². The Kier molecular flexibility index (Phi) is 68.6. The van der Waals surface area contributed by atoms with Crippen molar-refractivity contribution < 1.29 is 80.2 Å². The number of aliphatic hydroxyl groups excluding tert-OH is 1. The number of allylic oxidation sites excluding steroid dienone is 23. The average Bonchev–Trinajstić information content (AvgIpc) is 0.935. The summed E-state index contributed by atoms with van der Waals surface area (Å²) in [6, 6.07) is 0. The van der Waals surface area contributed by atoms with Gasteiger partial charge in [0.25, 0.3) is 0 Å². The number of rotatable bonds is 70. The molecule has 0 aliphatic rings. The maximum absolute atomic E-state index is 13.1. The highest BCUT2D eigenvalue weighted by Crippen LogP contribution is 2.45. The summed E-state index contributed by atoms with van der Waals surface area (Å²) in [6.45, 7) is 4.42. The Hall–Kier alpha value is -5.06. The van der Waals surface area contributed by atoms with Gasteiger partial charge in [-0.15, -0.1) is 0 Å². The smallest absolute Gasteiger partial charge is 0.462 e. The molecule has 17 nitrogen and oxygen atoms in total. The van der Waals surface area contributed by atoms with Gasteiger partial charge >= 0.3 is 39.5 Å². The molecule has 0 aromatic carbocycles. The van der Waals surface area contributed by atoms with E-state index in [2.05, 4.69) is 149 Å². The molecule has 0 bridgehead atoms. The van der Waals surface area contributed by atoms with Crippen molar-refractivity contribution >= 4 is 39.5 Å². The lowest BCUT2D eigenvalue weighted by molar-refractivity contribution is -0.161. The molecule has 3 N–H and O–H groups in total. The first-order chi connectivity index (χ1) is 48.7. The third-order valence-electron chi connectivity index (χ3n) is 15.3. The summed E-state index contributed by atoms with van der Waals surface area (Å²) in [6.07, 6.45) is 81.6. The molecule has 0 aliphatic heterocycles. The minimum absolute atomic E-state index is 0.0612. The van der Waals surface area contributed by atoms with E-state index in [1.165, 1.54) is 51.4 Å². The fourth-order valence-corrected chi connectivity index (χ4v) is 11.1. The molecular weight excluding hydrogens is 1310 g/mol. The van der Waals surface area contributed by atoms with E-state index < -0.39 is 97.5 Å². The van der Waals surface area contributed by atoms with Crippen LogP contribution in [0.1, 0.15) is 285 Å². The van der Waals surface area contributed by atoms with E-state index in [4.69, 9.17) is 37.0 Å². The third kappa shape index (κ3) is 71.3. The van der Waals surface area contributed by atoms with Crippen molar-refractivity contribution in [2.45, 2.75) is 303 Å². The van der Waals surface area contributed by atoms with Crippen LogP contribution in [0, 0.1) is 0 Å². The predicted molar refractivity (Wildman–Crippen MR) is 408 cm³/mol. The molecule has 0 aromatic heterocycles. The van der Waals surface area contributed by atoms with E-state index in [-0.39, 0.29) is 25.7 Å². The highest BCUT2D eigenvalue weighted by atomic mass is 31.2. The summed E-state index contributed by atoms with van der Waals surface area (Å²) in [4.78, 5) is 72.8. The van der Waals surface area contributed by atoms with Gasteiger partial charge < -0.3 is 33.8 Å². The minimum atomic E-state index is -5.00. The van der Waals surface area contributed by atoms with Crippen LogP contribution in [0.2, 0.25) is 0 Å². The monoisotopic (exact) mass is 1440 g/mol. The summed E-state index contributed by atoms with van der Waals surface area (Å²) < 4.78 is 68.3. The summed E-state index contributed by atoms with van der Waals surface area (Å²) >= 11 is 0. The van der Waals surface area contributed by atoms with E-state index in [1.807, 2.05) is 18.2 Å². The summed E-state index contributed by atoms with van der Waals surface area (Å²) in [5, 5.41) is 10.6. The molecule has 0 saturated carbocycles. The number of hydrogen-bond donors (Lipinski definition) is 3. The molecule has 5 atom stereocenters. The number of phosphoric acid groups is 2. The standard InChI is InChI=1S/C81H134O17P2/c1-5-9-13-17-21-25-29-33-35-36-37-38-40-44-46-50-54-58-62-66-79(84)92-72-77(98-81(86)68-64-60-56-52-48-42-32-28-24-20-16-12-8-4)74-96-100(89,90)94-70-75(82)69-93-99(87,88)95-73-76(97-80(85)67-63-59-55-51-47-41-31-27-23-19-15-11-7-3)71-91-78(83)65-61-57-53-49-45-43-39-34-30-26-22-18-14-10-6-2/h9-10,13-14,21-22,25-28,31-35,37-39,44-46,49,57,61,75-77,82H,5-8,11-12,15-20,23-24,29-30,36,40-43,47-48,50-56,58-60,62-74H2,1-4H3,(H,87,88)(H,89,90)/b13-9-,14-10-,25-21-,26-22-,31-27-,32-28-,35-33-,38-37-,39-34-,46-44-,49-45-,61-57-. The van der Waals surface area contributed by atoms with Gasteiger partial charge in [0.15, 0.2) is 12.2 Å². The fraction of sp³-hybridized carbons (Fsp3) is 0.654. The van der Waals surface area contributed by atoms with E-state index in [9.17, 15) is 43.2 Å². The zero-order valence-electron chi connectivity index (χ0n) is 62.1. The molecule has 0 aliphatic carbocycles.